The molecule has 1 saturated heterocycles. The molecule has 100 valence electrons. The van der Waals surface area contributed by atoms with Crippen LogP contribution >= 0.6 is 0 Å². The molecule has 1 aliphatic rings. The number of benzene rings is 1. The minimum atomic E-state index is -0.894. The van der Waals surface area contributed by atoms with E-state index in [0.717, 1.165) is 24.1 Å². The number of fused-ring (bicyclic) bond motifs is 1. The molecule has 1 aliphatic heterocycles. The number of likely N-dealkylation sites (tertiary alicyclic amines) is 1. The van der Waals surface area contributed by atoms with Crippen molar-refractivity contribution < 1.29 is 9.90 Å². The molecule has 0 amide bonds. The van der Waals surface area contributed by atoms with Gasteiger partial charge in [-0.2, -0.15) is 0 Å². The van der Waals surface area contributed by atoms with Crippen LogP contribution in [0, 0.1) is 0 Å². The van der Waals surface area contributed by atoms with Crippen molar-refractivity contribution in [3.63, 3.8) is 0 Å². The molecule has 5 nitrogen and oxygen atoms in total. The molecule has 0 spiro atoms. The number of imidazole rings is 1. The third-order valence-corrected chi connectivity index (χ3v) is 3.72. The van der Waals surface area contributed by atoms with E-state index in [1.165, 1.54) is 25.9 Å². The first-order valence-corrected chi connectivity index (χ1v) is 6.64. The van der Waals surface area contributed by atoms with Crippen molar-refractivity contribution in [1.82, 2.24) is 14.5 Å². The first kappa shape index (κ1) is 12.2. The largest absolute Gasteiger partial charge is 0.478 e. The normalized spacial score (nSPS) is 16.2. The highest BCUT2D eigenvalue weighted by Gasteiger charge is 2.12. The summed E-state index contributed by atoms with van der Waals surface area (Å²) in [6.07, 6.45) is 4.37. The average molecular weight is 259 g/mol. The van der Waals surface area contributed by atoms with Gasteiger partial charge in [0.2, 0.25) is 0 Å². The number of carbonyl (C=O) groups is 1. The van der Waals surface area contributed by atoms with Crippen LogP contribution in [0.25, 0.3) is 11.0 Å². The van der Waals surface area contributed by atoms with Gasteiger partial charge in [0.25, 0.3) is 0 Å². The first-order chi connectivity index (χ1) is 9.24. The Bertz CT molecular complexity index is 600. The van der Waals surface area contributed by atoms with Crippen molar-refractivity contribution in [2.75, 3.05) is 19.6 Å². The van der Waals surface area contributed by atoms with E-state index in [4.69, 9.17) is 5.11 Å². The minimum Gasteiger partial charge on any atom is -0.478 e. The van der Waals surface area contributed by atoms with Crippen molar-refractivity contribution in [3.8, 4) is 0 Å². The van der Waals surface area contributed by atoms with E-state index < -0.39 is 5.97 Å². The van der Waals surface area contributed by atoms with Crippen molar-refractivity contribution in [2.24, 2.45) is 0 Å². The van der Waals surface area contributed by atoms with Crippen LogP contribution in [0.2, 0.25) is 0 Å². The Kier molecular flexibility index (Phi) is 3.21. The van der Waals surface area contributed by atoms with E-state index in [-0.39, 0.29) is 0 Å². The Morgan fingerprint density at radius 2 is 2.05 bits per heavy atom. The van der Waals surface area contributed by atoms with E-state index >= 15 is 0 Å². The average Bonchev–Trinajstić information content (AvgIpc) is 3.05. The van der Waals surface area contributed by atoms with Crippen molar-refractivity contribution >= 4 is 17.0 Å². The van der Waals surface area contributed by atoms with E-state index in [9.17, 15) is 4.79 Å². The lowest BCUT2D eigenvalue weighted by Gasteiger charge is -2.14. The SMILES string of the molecule is O=C(O)c1ccc2ncn(CCN3CCCC3)c2c1. The highest BCUT2D eigenvalue weighted by atomic mass is 16.4. The molecular formula is C14H17N3O2. The lowest BCUT2D eigenvalue weighted by Crippen LogP contribution is -2.23. The molecule has 1 aromatic carbocycles. The number of hydrogen-bond acceptors (Lipinski definition) is 3. The quantitative estimate of drug-likeness (QED) is 0.910. The smallest absolute Gasteiger partial charge is 0.335 e. The Balaban J connectivity index is 1.81. The van der Waals surface area contributed by atoms with Crippen LogP contribution in [0.4, 0.5) is 0 Å². The summed E-state index contributed by atoms with van der Waals surface area (Å²) in [4.78, 5) is 17.8. The molecule has 19 heavy (non-hydrogen) atoms. The van der Waals surface area contributed by atoms with E-state index in [1.54, 1.807) is 24.5 Å². The topological polar surface area (TPSA) is 58.4 Å². The molecule has 0 radical (unpaired) electrons. The van der Waals surface area contributed by atoms with Gasteiger partial charge < -0.3 is 14.6 Å². The number of nitrogens with zero attached hydrogens (tertiary/aromatic N) is 3. The third-order valence-electron chi connectivity index (χ3n) is 3.72. The predicted octanol–water partition coefficient (Wildman–Crippen LogP) is 1.83. The lowest BCUT2D eigenvalue weighted by atomic mass is 10.2. The van der Waals surface area contributed by atoms with Gasteiger partial charge in [0, 0.05) is 13.1 Å². The van der Waals surface area contributed by atoms with Crippen LogP contribution in [-0.2, 0) is 6.54 Å². The molecule has 3 rings (SSSR count). The van der Waals surface area contributed by atoms with E-state index in [0.29, 0.717) is 5.56 Å². The third kappa shape index (κ3) is 2.46. The molecule has 2 aromatic rings. The van der Waals surface area contributed by atoms with Crippen LogP contribution < -0.4 is 0 Å². The van der Waals surface area contributed by atoms with Crippen LogP contribution in [0.15, 0.2) is 24.5 Å². The Labute approximate surface area is 111 Å². The summed E-state index contributed by atoms with van der Waals surface area (Å²) < 4.78 is 2.04. The summed E-state index contributed by atoms with van der Waals surface area (Å²) in [5.41, 5.74) is 2.07. The standard InChI is InChI=1S/C14H17N3O2/c18-14(19)11-3-4-12-13(9-11)17(10-15-12)8-7-16-5-1-2-6-16/h3-4,9-10H,1-2,5-8H2,(H,18,19). The van der Waals surface area contributed by atoms with Gasteiger partial charge in [-0.25, -0.2) is 9.78 Å². The minimum absolute atomic E-state index is 0.315. The first-order valence-electron chi connectivity index (χ1n) is 6.64. The monoisotopic (exact) mass is 259 g/mol. The molecule has 0 atom stereocenters. The van der Waals surface area contributed by atoms with Gasteiger partial charge >= 0.3 is 5.97 Å². The van der Waals surface area contributed by atoms with Crippen LogP contribution in [0.5, 0.6) is 0 Å². The summed E-state index contributed by atoms with van der Waals surface area (Å²) >= 11 is 0. The molecule has 5 heteroatoms. The van der Waals surface area contributed by atoms with Crippen molar-refractivity contribution in [3.05, 3.63) is 30.1 Å². The highest BCUT2D eigenvalue weighted by molar-refractivity contribution is 5.92. The molecule has 0 saturated carbocycles. The molecule has 1 fully saturated rings. The van der Waals surface area contributed by atoms with Gasteiger partial charge in [0.15, 0.2) is 0 Å². The van der Waals surface area contributed by atoms with Gasteiger partial charge in [0.05, 0.1) is 22.9 Å². The molecule has 0 aliphatic carbocycles. The second kappa shape index (κ2) is 5.01. The van der Waals surface area contributed by atoms with Gasteiger partial charge in [-0.05, 0) is 44.1 Å². The fourth-order valence-corrected chi connectivity index (χ4v) is 2.62. The Morgan fingerprint density at radius 3 is 2.79 bits per heavy atom. The zero-order valence-electron chi connectivity index (χ0n) is 10.7. The second-order valence-corrected chi connectivity index (χ2v) is 5.00. The summed E-state index contributed by atoms with van der Waals surface area (Å²) in [6, 6.07) is 5.07. The maximum Gasteiger partial charge on any atom is 0.335 e. The van der Waals surface area contributed by atoms with Gasteiger partial charge in [-0.15, -0.1) is 0 Å². The van der Waals surface area contributed by atoms with Gasteiger partial charge in [-0.1, -0.05) is 0 Å². The Hall–Kier alpha value is -1.88. The summed E-state index contributed by atoms with van der Waals surface area (Å²) in [5, 5.41) is 9.04. The zero-order valence-corrected chi connectivity index (χ0v) is 10.7. The van der Waals surface area contributed by atoms with Crippen LogP contribution in [0.1, 0.15) is 23.2 Å². The summed E-state index contributed by atoms with van der Waals surface area (Å²) in [6.45, 7) is 4.21. The van der Waals surface area contributed by atoms with Crippen LogP contribution in [0.3, 0.4) is 0 Å². The van der Waals surface area contributed by atoms with Crippen molar-refractivity contribution in [2.45, 2.75) is 19.4 Å². The predicted molar refractivity (Wildman–Crippen MR) is 72.4 cm³/mol. The van der Waals surface area contributed by atoms with Gasteiger partial charge in [-0.3, -0.25) is 0 Å². The maximum absolute atomic E-state index is 11.0. The number of aromatic carboxylic acids is 1. The molecule has 0 bridgehead atoms. The fraction of sp³-hybridized carbons (Fsp3) is 0.429. The number of hydrogen-bond donors (Lipinski definition) is 1. The lowest BCUT2D eigenvalue weighted by molar-refractivity contribution is 0.0697. The second-order valence-electron chi connectivity index (χ2n) is 5.00. The molecular weight excluding hydrogens is 242 g/mol. The number of carboxylic acids is 1. The van der Waals surface area contributed by atoms with E-state index in [2.05, 4.69) is 9.88 Å². The molecule has 1 N–H and O–H groups in total. The summed E-state index contributed by atoms with van der Waals surface area (Å²) in [7, 11) is 0. The van der Waals surface area contributed by atoms with E-state index in [1.807, 2.05) is 4.57 Å². The Morgan fingerprint density at radius 1 is 1.26 bits per heavy atom. The molecule has 2 heterocycles. The number of carboxylic acid groups (broad SMARTS) is 1. The number of rotatable bonds is 4. The zero-order chi connectivity index (χ0) is 13.2. The van der Waals surface area contributed by atoms with Gasteiger partial charge in [0.1, 0.15) is 0 Å². The number of aromatic nitrogens is 2. The molecule has 1 aromatic heterocycles. The summed E-state index contributed by atoms with van der Waals surface area (Å²) in [5.74, 6) is -0.894. The maximum atomic E-state index is 11.0. The van der Waals surface area contributed by atoms with Crippen molar-refractivity contribution in [1.29, 1.82) is 0 Å². The fourth-order valence-electron chi connectivity index (χ4n) is 2.62. The van der Waals surface area contributed by atoms with Crippen LogP contribution in [-0.4, -0.2) is 45.2 Å². The molecule has 0 unspecified atom stereocenters. The highest BCUT2D eigenvalue weighted by Crippen LogP contribution is 2.16.